The summed E-state index contributed by atoms with van der Waals surface area (Å²) in [5.74, 6) is 0.0295. The fourth-order valence-electron chi connectivity index (χ4n) is 3.37. The molecule has 0 aliphatic heterocycles. The monoisotopic (exact) mass is 412 g/mol. The lowest BCUT2D eigenvalue weighted by Crippen LogP contribution is -2.33. The maximum Gasteiger partial charge on any atom is 0.319 e. The van der Waals surface area contributed by atoms with Crippen LogP contribution in [0.25, 0.3) is 0 Å². The molecule has 0 aromatic heterocycles. The summed E-state index contributed by atoms with van der Waals surface area (Å²) >= 11 is 0. The summed E-state index contributed by atoms with van der Waals surface area (Å²) in [6.07, 6.45) is 2.24. The Bertz CT molecular complexity index is 895. The van der Waals surface area contributed by atoms with Gasteiger partial charge in [-0.1, -0.05) is 0 Å². The van der Waals surface area contributed by atoms with E-state index in [2.05, 4.69) is 10.6 Å². The molecule has 0 atom stereocenters. The first-order valence-corrected chi connectivity index (χ1v) is 10.3. The molecule has 0 heterocycles. The molecule has 160 valence electrons. The van der Waals surface area contributed by atoms with Gasteiger partial charge in [-0.2, -0.15) is 0 Å². The standard InChI is InChI=1S/C23H29FN4O2/c1-4-25-23(30)26-20-11-12-21(27(2)3)18(13-20)15-28(14-16-5-6-16)22(29)17-7-9-19(24)10-8-17/h7-13,16H,4-6,14-15H2,1-3H3,(H2,25,26,30). The lowest BCUT2D eigenvalue weighted by atomic mass is 10.1. The zero-order chi connectivity index (χ0) is 21.7. The minimum absolute atomic E-state index is 0.117. The molecule has 2 N–H and O–H groups in total. The highest BCUT2D eigenvalue weighted by Gasteiger charge is 2.28. The number of hydrogen-bond acceptors (Lipinski definition) is 3. The summed E-state index contributed by atoms with van der Waals surface area (Å²) in [7, 11) is 3.89. The van der Waals surface area contributed by atoms with Crippen molar-refractivity contribution in [3.05, 3.63) is 59.4 Å². The number of carbonyl (C=O) groups is 2. The second-order valence-electron chi connectivity index (χ2n) is 7.86. The molecular weight excluding hydrogens is 383 g/mol. The van der Waals surface area contributed by atoms with Crippen LogP contribution in [0.15, 0.2) is 42.5 Å². The molecule has 3 rings (SSSR count). The largest absolute Gasteiger partial charge is 0.377 e. The molecule has 0 radical (unpaired) electrons. The van der Waals surface area contributed by atoms with Crippen molar-refractivity contribution in [1.29, 1.82) is 0 Å². The second-order valence-corrected chi connectivity index (χ2v) is 7.86. The van der Waals surface area contributed by atoms with E-state index in [0.717, 1.165) is 24.1 Å². The van der Waals surface area contributed by atoms with Crippen molar-refractivity contribution in [1.82, 2.24) is 10.2 Å². The van der Waals surface area contributed by atoms with Crippen LogP contribution in [-0.4, -0.2) is 44.0 Å². The Morgan fingerprint density at radius 1 is 1.10 bits per heavy atom. The maximum atomic E-state index is 13.3. The minimum Gasteiger partial charge on any atom is -0.377 e. The van der Waals surface area contributed by atoms with Crippen LogP contribution in [0.2, 0.25) is 0 Å². The molecule has 7 heteroatoms. The number of hydrogen-bond donors (Lipinski definition) is 2. The highest BCUT2D eigenvalue weighted by Crippen LogP contribution is 2.32. The topological polar surface area (TPSA) is 64.7 Å². The highest BCUT2D eigenvalue weighted by atomic mass is 19.1. The summed E-state index contributed by atoms with van der Waals surface area (Å²) in [6.45, 7) is 3.47. The minimum atomic E-state index is -0.362. The van der Waals surface area contributed by atoms with E-state index >= 15 is 0 Å². The molecule has 30 heavy (non-hydrogen) atoms. The Kier molecular flexibility index (Phi) is 6.92. The summed E-state index contributed by atoms with van der Waals surface area (Å²) in [5, 5.41) is 5.54. The molecule has 0 spiro atoms. The fourth-order valence-corrected chi connectivity index (χ4v) is 3.37. The molecule has 1 aliphatic rings. The first-order valence-electron chi connectivity index (χ1n) is 10.3. The van der Waals surface area contributed by atoms with Crippen LogP contribution in [0.4, 0.5) is 20.6 Å². The third-order valence-electron chi connectivity index (χ3n) is 5.07. The van der Waals surface area contributed by atoms with Crippen LogP contribution < -0.4 is 15.5 Å². The molecule has 1 fully saturated rings. The Balaban J connectivity index is 1.86. The number of anilines is 2. The Morgan fingerprint density at radius 3 is 2.40 bits per heavy atom. The van der Waals surface area contributed by atoms with E-state index in [0.29, 0.717) is 36.8 Å². The number of nitrogens with one attached hydrogen (secondary N) is 2. The smallest absolute Gasteiger partial charge is 0.319 e. The van der Waals surface area contributed by atoms with Gasteiger partial charge in [-0.25, -0.2) is 9.18 Å². The van der Waals surface area contributed by atoms with Gasteiger partial charge in [-0.05, 0) is 73.7 Å². The molecule has 3 amide bonds. The van der Waals surface area contributed by atoms with E-state index in [9.17, 15) is 14.0 Å². The van der Waals surface area contributed by atoms with Gasteiger partial charge < -0.3 is 20.4 Å². The van der Waals surface area contributed by atoms with E-state index < -0.39 is 0 Å². The molecule has 0 saturated heterocycles. The zero-order valence-corrected chi connectivity index (χ0v) is 17.7. The van der Waals surface area contributed by atoms with Gasteiger partial charge in [-0.3, -0.25) is 4.79 Å². The van der Waals surface area contributed by atoms with Crippen molar-refractivity contribution in [3.8, 4) is 0 Å². The van der Waals surface area contributed by atoms with Crippen LogP contribution in [-0.2, 0) is 6.54 Å². The maximum absolute atomic E-state index is 13.3. The van der Waals surface area contributed by atoms with E-state index in [1.807, 2.05) is 49.0 Å². The Labute approximate surface area is 177 Å². The molecule has 1 aliphatic carbocycles. The Hall–Kier alpha value is -3.09. The lowest BCUT2D eigenvalue weighted by molar-refractivity contribution is 0.0735. The van der Waals surface area contributed by atoms with Crippen molar-refractivity contribution in [2.45, 2.75) is 26.3 Å². The summed E-state index contributed by atoms with van der Waals surface area (Å²) in [4.78, 5) is 28.9. The fraction of sp³-hybridized carbons (Fsp3) is 0.391. The predicted molar refractivity (Wildman–Crippen MR) is 117 cm³/mol. The van der Waals surface area contributed by atoms with Gasteiger partial charge in [-0.15, -0.1) is 0 Å². The van der Waals surface area contributed by atoms with E-state index in [-0.39, 0.29) is 17.8 Å². The molecule has 2 aromatic carbocycles. The molecule has 0 bridgehead atoms. The summed E-state index contributed by atoms with van der Waals surface area (Å²) in [6, 6.07) is 11.1. The first kappa shape index (κ1) is 21.6. The van der Waals surface area contributed by atoms with Crippen molar-refractivity contribution < 1.29 is 14.0 Å². The zero-order valence-electron chi connectivity index (χ0n) is 17.7. The number of nitrogens with zero attached hydrogens (tertiary/aromatic N) is 2. The SMILES string of the molecule is CCNC(=O)Nc1ccc(N(C)C)c(CN(CC2CC2)C(=O)c2ccc(F)cc2)c1. The van der Waals surface area contributed by atoms with Gasteiger partial charge in [0.25, 0.3) is 5.91 Å². The van der Waals surface area contributed by atoms with Gasteiger partial charge in [0.15, 0.2) is 0 Å². The molecule has 1 saturated carbocycles. The van der Waals surface area contributed by atoms with E-state index in [1.54, 1.807) is 0 Å². The predicted octanol–water partition coefficient (Wildman–Crippen LogP) is 4.09. The van der Waals surface area contributed by atoms with Crippen LogP contribution in [0.3, 0.4) is 0 Å². The number of carbonyl (C=O) groups excluding carboxylic acids is 2. The van der Waals surface area contributed by atoms with Crippen LogP contribution in [0.1, 0.15) is 35.7 Å². The van der Waals surface area contributed by atoms with Crippen molar-refractivity contribution >= 4 is 23.3 Å². The Morgan fingerprint density at radius 2 is 1.80 bits per heavy atom. The average molecular weight is 413 g/mol. The van der Waals surface area contributed by atoms with Gasteiger partial charge in [0.1, 0.15) is 5.82 Å². The van der Waals surface area contributed by atoms with Crippen LogP contribution in [0, 0.1) is 11.7 Å². The number of halogens is 1. The first-order chi connectivity index (χ1) is 14.4. The summed E-state index contributed by atoms with van der Waals surface area (Å²) in [5.41, 5.74) is 3.05. The second kappa shape index (κ2) is 9.61. The molecule has 0 unspecified atom stereocenters. The third kappa shape index (κ3) is 5.72. The molecule has 2 aromatic rings. The number of rotatable bonds is 8. The molecular formula is C23H29FN4O2. The average Bonchev–Trinajstić information content (AvgIpc) is 3.52. The number of urea groups is 1. The van der Waals surface area contributed by atoms with Crippen LogP contribution >= 0.6 is 0 Å². The number of amides is 3. The van der Waals surface area contributed by atoms with Gasteiger partial charge in [0.2, 0.25) is 0 Å². The normalized spacial score (nSPS) is 12.9. The highest BCUT2D eigenvalue weighted by molar-refractivity contribution is 5.94. The van der Waals surface area contributed by atoms with E-state index in [4.69, 9.17) is 0 Å². The van der Waals surface area contributed by atoms with Crippen LogP contribution in [0.5, 0.6) is 0 Å². The molecule has 6 nitrogen and oxygen atoms in total. The van der Waals surface area contributed by atoms with E-state index in [1.165, 1.54) is 24.3 Å². The van der Waals surface area contributed by atoms with Gasteiger partial charge in [0.05, 0.1) is 0 Å². The van der Waals surface area contributed by atoms with Gasteiger partial charge in [0, 0.05) is 50.7 Å². The van der Waals surface area contributed by atoms with Crippen molar-refractivity contribution in [2.24, 2.45) is 5.92 Å². The van der Waals surface area contributed by atoms with Gasteiger partial charge >= 0.3 is 6.03 Å². The number of benzene rings is 2. The third-order valence-corrected chi connectivity index (χ3v) is 5.07. The lowest BCUT2D eigenvalue weighted by Gasteiger charge is -2.26. The van der Waals surface area contributed by atoms with Crippen molar-refractivity contribution in [3.63, 3.8) is 0 Å². The summed E-state index contributed by atoms with van der Waals surface area (Å²) < 4.78 is 13.3. The quantitative estimate of drug-likeness (QED) is 0.687. The van der Waals surface area contributed by atoms with Crippen molar-refractivity contribution in [2.75, 3.05) is 37.4 Å².